The molecule has 0 saturated carbocycles. The molecule has 0 fully saturated rings. The van der Waals surface area contributed by atoms with Crippen molar-refractivity contribution in [2.24, 2.45) is 0 Å². The summed E-state index contributed by atoms with van der Waals surface area (Å²) in [6.07, 6.45) is 5.31. The van der Waals surface area contributed by atoms with Gasteiger partial charge in [0.15, 0.2) is 0 Å². The normalized spacial score (nSPS) is 12.8. The zero-order chi connectivity index (χ0) is 18.9. The molecule has 0 bridgehead atoms. The Morgan fingerprint density at radius 3 is 2.69 bits per heavy atom. The first-order chi connectivity index (χ1) is 12.3. The van der Waals surface area contributed by atoms with Crippen LogP contribution in [0.2, 0.25) is 0 Å². The molecule has 6 nitrogen and oxygen atoms in total. The Labute approximate surface area is 153 Å². The monoisotopic (exact) mass is 352 g/mol. The van der Waals surface area contributed by atoms with Gasteiger partial charge in [-0.25, -0.2) is 4.98 Å². The van der Waals surface area contributed by atoms with E-state index in [4.69, 9.17) is 4.74 Å². The van der Waals surface area contributed by atoms with Crippen molar-refractivity contribution in [3.63, 3.8) is 0 Å². The van der Waals surface area contributed by atoms with Crippen molar-refractivity contribution in [2.75, 3.05) is 7.11 Å². The first-order valence-electron chi connectivity index (χ1n) is 8.57. The van der Waals surface area contributed by atoms with E-state index in [9.17, 15) is 4.79 Å². The summed E-state index contributed by atoms with van der Waals surface area (Å²) in [5.41, 5.74) is 0.937. The van der Waals surface area contributed by atoms with Gasteiger partial charge >= 0.3 is 0 Å². The lowest BCUT2D eigenvalue weighted by molar-refractivity contribution is -0.129. The van der Waals surface area contributed by atoms with Crippen molar-refractivity contribution in [3.05, 3.63) is 54.4 Å². The van der Waals surface area contributed by atoms with E-state index in [1.54, 1.807) is 19.6 Å². The van der Waals surface area contributed by atoms with Crippen molar-refractivity contribution >= 4 is 16.7 Å². The van der Waals surface area contributed by atoms with Gasteiger partial charge in [0.1, 0.15) is 11.3 Å². The van der Waals surface area contributed by atoms with Gasteiger partial charge in [0.05, 0.1) is 30.9 Å². The quantitative estimate of drug-likeness (QED) is 0.764. The van der Waals surface area contributed by atoms with Crippen molar-refractivity contribution in [1.82, 2.24) is 19.9 Å². The minimum atomic E-state index is -0.752. The van der Waals surface area contributed by atoms with Gasteiger partial charge in [0.25, 0.3) is 0 Å². The number of imidazole rings is 1. The van der Waals surface area contributed by atoms with E-state index < -0.39 is 5.54 Å². The van der Waals surface area contributed by atoms with Gasteiger partial charge in [-0.15, -0.1) is 0 Å². The lowest BCUT2D eigenvalue weighted by Gasteiger charge is -2.27. The maximum absolute atomic E-state index is 12.9. The van der Waals surface area contributed by atoms with Crippen LogP contribution in [0.15, 0.2) is 43.0 Å². The van der Waals surface area contributed by atoms with Gasteiger partial charge in [-0.05, 0) is 51.3 Å². The summed E-state index contributed by atoms with van der Waals surface area (Å²) in [4.78, 5) is 21.6. The Morgan fingerprint density at radius 2 is 2.04 bits per heavy atom. The molecule has 0 spiro atoms. The molecule has 1 atom stereocenters. The molecular weight excluding hydrogens is 328 g/mol. The lowest BCUT2D eigenvalue weighted by atomic mass is 10.0. The number of pyridine rings is 1. The molecule has 1 amide bonds. The number of carbonyl (C=O) groups excluding carboxylic acids is 1. The number of ether oxygens (including phenoxy) is 1. The van der Waals surface area contributed by atoms with Gasteiger partial charge in [-0.3, -0.25) is 9.78 Å². The van der Waals surface area contributed by atoms with Crippen LogP contribution in [0.4, 0.5) is 0 Å². The molecule has 136 valence electrons. The second-order valence-electron chi connectivity index (χ2n) is 6.96. The molecular formula is C20H24N4O2. The fourth-order valence-electron chi connectivity index (χ4n) is 2.93. The van der Waals surface area contributed by atoms with Gasteiger partial charge in [0.2, 0.25) is 5.91 Å². The molecule has 26 heavy (non-hydrogen) atoms. The van der Waals surface area contributed by atoms with Gasteiger partial charge in [-0.1, -0.05) is 6.07 Å². The summed E-state index contributed by atoms with van der Waals surface area (Å²) >= 11 is 0. The summed E-state index contributed by atoms with van der Waals surface area (Å²) < 4.78 is 7.15. The average Bonchev–Trinajstić information content (AvgIpc) is 3.07. The zero-order valence-electron chi connectivity index (χ0n) is 15.8. The molecule has 2 aromatic heterocycles. The Kier molecular flexibility index (Phi) is 4.68. The fraction of sp³-hybridized carbons (Fsp3) is 0.350. The number of amides is 1. The van der Waals surface area contributed by atoms with Crippen LogP contribution in [-0.2, 0) is 10.3 Å². The highest BCUT2D eigenvalue weighted by molar-refractivity contribution is 5.88. The second kappa shape index (κ2) is 6.78. The first-order valence-corrected chi connectivity index (χ1v) is 8.57. The summed E-state index contributed by atoms with van der Waals surface area (Å²) in [6.45, 7) is 7.58. The van der Waals surface area contributed by atoms with Crippen LogP contribution in [0.5, 0.6) is 5.75 Å². The molecule has 1 unspecified atom stereocenters. The third-order valence-electron chi connectivity index (χ3n) is 4.67. The Balaban J connectivity index is 1.89. The number of carbonyl (C=O) groups is 1. The number of aryl methyl sites for hydroxylation is 1. The number of rotatable bonds is 5. The Hall–Kier alpha value is -2.89. The standard InChI is InChI=1S/C20H24N4O2/c1-13-11-24(12-22-13)20(3,4)19(25)23-14(2)18-17-10-16(26-5)7-6-15(17)8-9-21-18/h6-12,14H,1-5H3,(H,23,25). The van der Waals surface area contributed by atoms with Crippen molar-refractivity contribution < 1.29 is 9.53 Å². The van der Waals surface area contributed by atoms with Crippen molar-refractivity contribution in [3.8, 4) is 5.75 Å². The number of nitrogens with one attached hydrogen (secondary N) is 1. The molecule has 0 radical (unpaired) electrons. The maximum Gasteiger partial charge on any atom is 0.246 e. The molecule has 6 heteroatoms. The predicted octanol–water partition coefficient (Wildman–Crippen LogP) is 3.36. The number of nitrogens with zero attached hydrogens (tertiary/aromatic N) is 3. The SMILES string of the molecule is COc1ccc2ccnc(C(C)NC(=O)C(C)(C)n3cnc(C)c3)c2c1. The minimum Gasteiger partial charge on any atom is -0.497 e. The van der Waals surface area contributed by atoms with Gasteiger partial charge in [0, 0.05) is 17.8 Å². The third kappa shape index (κ3) is 3.27. The smallest absolute Gasteiger partial charge is 0.246 e. The summed E-state index contributed by atoms with van der Waals surface area (Å²) in [7, 11) is 1.64. The number of aromatic nitrogens is 3. The zero-order valence-corrected chi connectivity index (χ0v) is 15.8. The molecule has 0 aliphatic carbocycles. The van der Waals surface area contributed by atoms with E-state index in [1.807, 2.05) is 62.7 Å². The molecule has 2 heterocycles. The molecule has 1 N–H and O–H groups in total. The highest BCUT2D eigenvalue weighted by atomic mass is 16.5. The van der Waals surface area contributed by atoms with Crippen LogP contribution < -0.4 is 10.1 Å². The van der Waals surface area contributed by atoms with Crippen LogP contribution in [0.3, 0.4) is 0 Å². The molecule has 0 aliphatic heterocycles. The highest BCUT2D eigenvalue weighted by Gasteiger charge is 2.31. The van der Waals surface area contributed by atoms with Crippen LogP contribution in [-0.4, -0.2) is 27.6 Å². The fourth-order valence-corrected chi connectivity index (χ4v) is 2.93. The van der Waals surface area contributed by atoms with Gasteiger partial charge < -0.3 is 14.6 Å². The Bertz CT molecular complexity index is 946. The number of benzene rings is 1. The van der Waals surface area contributed by atoms with E-state index in [0.29, 0.717) is 0 Å². The summed E-state index contributed by atoms with van der Waals surface area (Å²) in [6, 6.07) is 7.56. The largest absolute Gasteiger partial charge is 0.497 e. The summed E-state index contributed by atoms with van der Waals surface area (Å²) in [5.74, 6) is 0.670. The first kappa shape index (κ1) is 17.9. The van der Waals surface area contributed by atoms with Crippen molar-refractivity contribution in [1.29, 1.82) is 0 Å². The van der Waals surface area contributed by atoms with E-state index in [0.717, 1.165) is 27.9 Å². The maximum atomic E-state index is 12.9. The van der Waals surface area contributed by atoms with E-state index in [-0.39, 0.29) is 11.9 Å². The minimum absolute atomic E-state index is 0.0934. The van der Waals surface area contributed by atoms with Crippen LogP contribution >= 0.6 is 0 Å². The number of hydrogen-bond donors (Lipinski definition) is 1. The summed E-state index contributed by atoms with van der Waals surface area (Å²) in [5, 5.41) is 5.11. The highest BCUT2D eigenvalue weighted by Crippen LogP contribution is 2.27. The number of hydrogen-bond acceptors (Lipinski definition) is 4. The second-order valence-corrected chi connectivity index (χ2v) is 6.96. The average molecular weight is 352 g/mol. The molecule has 3 aromatic rings. The van der Waals surface area contributed by atoms with Crippen molar-refractivity contribution in [2.45, 2.75) is 39.3 Å². The number of methoxy groups -OCH3 is 1. The molecule has 3 rings (SSSR count). The van der Waals surface area contributed by atoms with E-state index in [1.165, 1.54) is 0 Å². The van der Waals surface area contributed by atoms with Crippen LogP contribution in [0.25, 0.3) is 10.8 Å². The molecule has 0 aliphatic rings. The van der Waals surface area contributed by atoms with Crippen LogP contribution in [0.1, 0.15) is 38.2 Å². The molecule has 0 saturated heterocycles. The predicted molar refractivity (Wildman–Crippen MR) is 101 cm³/mol. The van der Waals surface area contributed by atoms with Crippen LogP contribution in [0, 0.1) is 6.92 Å². The lowest BCUT2D eigenvalue weighted by Crippen LogP contribution is -2.45. The van der Waals surface area contributed by atoms with Gasteiger partial charge in [-0.2, -0.15) is 0 Å². The Morgan fingerprint density at radius 1 is 1.27 bits per heavy atom. The topological polar surface area (TPSA) is 69.0 Å². The van der Waals surface area contributed by atoms with E-state index >= 15 is 0 Å². The molecule has 1 aromatic carbocycles. The van der Waals surface area contributed by atoms with E-state index in [2.05, 4.69) is 15.3 Å². The third-order valence-corrected chi connectivity index (χ3v) is 4.67. The number of fused-ring (bicyclic) bond motifs is 1.